The smallest absolute Gasteiger partial charge is 0.338 e. The second-order valence-electron chi connectivity index (χ2n) is 5.05. The van der Waals surface area contributed by atoms with Gasteiger partial charge in [-0.05, 0) is 43.9 Å². The molecule has 2 N–H and O–H groups in total. The molecule has 1 saturated carbocycles. The van der Waals surface area contributed by atoms with Gasteiger partial charge in [0.25, 0.3) is 0 Å². The zero-order valence-electron chi connectivity index (χ0n) is 11.9. The van der Waals surface area contributed by atoms with Gasteiger partial charge in [0.1, 0.15) is 0 Å². The quantitative estimate of drug-likeness (QED) is 0.798. The molecule has 5 heteroatoms. The molecule has 1 fully saturated rings. The van der Waals surface area contributed by atoms with Gasteiger partial charge in [-0.25, -0.2) is 4.79 Å². The zero-order valence-corrected chi connectivity index (χ0v) is 13.5. The fourth-order valence-electron chi connectivity index (χ4n) is 2.75. The number of aromatic carboxylic acids is 1. The van der Waals surface area contributed by atoms with Gasteiger partial charge >= 0.3 is 5.97 Å². The van der Waals surface area contributed by atoms with E-state index in [1.54, 1.807) is 0 Å². The number of hydrogen-bond donors (Lipinski definition) is 2. The maximum Gasteiger partial charge on any atom is 0.338 e. The third kappa shape index (κ3) is 3.64. The van der Waals surface area contributed by atoms with Crippen molar-refractivity contribution >= 4 is 35.2 Å². The van der Waals surface area contributed by atoms with Crippen molar-refractivity contribution in [2.75, 3.05) is 17.8 Å². The average Bonchev–Trinajstić information content (AvgIpc) is 2.46. The van der Waals surface area contributed by atoms with E-state index in [1.165, 1.54) is 24.6 Å². The van der Waals surface area contributed by atoms with Gasteiger partial charge in [-0.2, -0.15) is 11.8 Å². The van der Waals surface area contributed by atoms with E-state index in [9.17, 15) is 9.90 Å². The summed E-state index contributed by atoms with van der Waals surface area (Å²) in [5, 5.41) is 13.6. The monoisotopic (exact) mass is 311 g/mol. The molecule has 0 bridgehead atoms. The molecule has 2 unspecified atom stereocenters. The van der Waals surface area contributed by atoms with E-state index < -0.39 is 5.97 Å². The lowest BCUT2D eigenvalue weighted by atomic mass is 9.94. The zero-order chi connectivity index (χ0) is 14.5. The van der Waals surface area contributed by atoms with E-state index in [2.05, 4.69) is 11.6 Å². The number of hydrogen-bond acceptors (Lipinski definition) is 4. The summed E-state index contributed by atoms with van der Waals surface area (Å²) in [6, 6.07) is 6.06. The van der Waals surface area contributed by atoms with Crippen LogP contribution in [0.5, 0.6) is 0 Å². The van der Waals surface area contributed by atoms with E-state index in [0.29, 0.717) is 16.9 Å². The Morgan fingerprint density at radius 2 is 2.15 bits per heavy atom. The fraction of sp³-hybridized carbons (Fsp3) is 0.533. The lowest BCUT2D eigenvalue weighted by molar-refractivity contribution is 0.0694. The van der Waals surface area contributed by atoms with Gasteiger partial charge in [0.05, 0.1) is 11.3 Å². The molecule has 110 valence electrons. The molecule has 0 amide bonds. The van der Waals surface area contributed by atoms with Crippen LogP contribution in [0.3, 0.4) is 0 Å². The van der Waals surface area contributed by atoms with Crippen LogP contribution in [0.25, 0.3) is 0 Å². The molecule has 0 saturated heterocycles. The minimum Gasteiger partial charge on any atom is -0.478 e. The van der Waals surface area contributed by atoms with Crippen molar-refractivity contribution < 1.29 is 9.90 Å². The van der Waals surface area contributed by atoms with Crippen LogP contribution in [-0.2, 0) is 0 Å². The number of anilines is 1. The van der Waals surface area contributed by atoms with E-state index in [-0.39, 0.29) is 0 Å². The van der Waals surface area contributed by atoms with Crippen molar-refractivity contribution in [1.82, 2.24) is 0 Å². The van der Waals surface area contributed by atoms with Crippen LogP contribution >= 0.6 is 23.5 Å². The lowest BCUT2D eigenvalue weighted by Gasteiger charge is -2.30. The summed E-state index contributed by atoms with van der Waals surface area (Å²) in [4.78, 5) is 12.3. The number of rotatable bonds is 5. The Balaban J connectivity index is 2.18. The van der Waals surface area contributed by atoms with Crippen LogP contribution in [0.15, 0.2) is 23.1 Å². The van der Waals surface area contributed by atoms with Crippen LogP contribution in [0.2, 0.25) is 0 Å². The van der Waals surface area contributed by atoms with Crippen LogP contribution in [-0.4, -0.2) is 34.9 Å². The number of carboxylic acid groups (broad SMARTS) is 1. The molecule has 0 heterocycles. The molecule has 0 aliphatic heterocycles. The van der Waals surface area contributed by atoms with Crippen molar-refractivity contribution in [3.05, 3.63) is 23.8 Å². The number of thioether (sulfide) groups is 2. The molecule has 1 aliphatic carbocycles. The first-order valence-electron chi connectivity index (χ1n) is 6.85. The molecule has 1 aliphatic rings. The van der Waals surface area contributed by atoms with Gasteiger partial charge < -0.3 is 10.4 Å². The Morgan fingerprint density at radius 1 is 1.35 bits per heavy atom. The summed E-state index contributed by atoms with van der Waals surface area (Å²) in [7, 11) is 0. The third-order valence-corrected chi connectivity index (χ3v) is 5.65. The van der Waals surface area contributed by atoms with E-state index in [0.717, 1.165) is 23.4 Å². The Hall–Kier alpha value is -0.810. The van der Waals surface area contributed by atoms with E-state index in [4.69, 9.17) is 0 Å². The molecule has 1 aromatic carbocycles. The summed E-state index contributed by atoms with van der Waals surface area (Å²) in [5.74, 6) is -0.852. The van der Waals surface area contributed by atoms with E-state index in [1.807, 2.05) is 36.2 Å². The second kappa shape index (κ2) is 7.27. The predicted molar refractivity (Wildman–Crippen MR) is 88.4 cm³/mol. The Morgan fingerprint density at radius 3 is 2.80 bits per heavy atom. The summed E-state index contributed by atoms with van der Waals surface area (Å²) in [5.41, 5.74) is 1.17. The standard InChI is InChI=1S/C15H21NO2S2/c1-19-11-6-3-5-10(9-11)16-12-7-4-8-13(20-2)14(12)15(17)18/h4,7-8,10-11,16H,3,5-6,9H2,1-2H3,(H,17,18). The molecule has 0 aromatic heterocycles. The molecular formula is C15H21NO2S2. The van der Waals surface area contributed by atoms with Gasteiger partial charge in [-0.3, -0.25) is 0 Å². The maximum atomic E-state index is 11.5. The Kier molecular flexibility index (Phi) is 5.66. The molecule has 2 rings (SSSR count). The Labute approximate surface area is 128 Å². The minimum absolute atomic E-state index is 0.386. The number of carbonyl (C=O) groups is 1. The highest BCUT2D eigenvalue weighted by atomic mass is 32.2. The summed E-state index contributed by atoms with van der Waals surface area (Å²) in [6.45, 7) is 0. The summed E-state index contributed by atoms with van der Waals surface area (Å²) in [6.07, 6.45) is 8.80. The first kappa shape index (κ1) is 15.6. The number of benzene rings is 1. The fourth-order valence-corrected chi connectivity index (χ4v) is 4.20. The van der Waals surface area contributed by atoms with Crippen molar-refractivity contribution in [1.29, 1.82) is 0 Å². The molecule has 3 nitrogen and oxygen atoms in total. The van der Waals surface area contributed by atoms with E-state index >= 15 is 0 Å². The van der Waals surface area contributed by atoms with Gasteiger partial charge in [0.15, 0.2) is 0 Å². The van der Waals surface area contributed by atoms with Crippen molar-refractivity contribution in [2.24, 2.45) is 0 Å². The van der Waals surface area contributed by atoms with Crippen LogP contribution in [0.4, 0.5) is 5.69 Å². The highest BCUT2D eigenvalue weighted by Gasteiger charge is 2.23. The maximum absolute atomic E-state index is 11.5. The minimum atomic E-state index is -0.852. The summed E-state index contributed by atoms with van der Waals surface area (Å²) >= 11 is 3.40. The molecule has 0 radical (unpaired) electrons. The van der Waals surface area contributed by atoms with Gasteiger partial charge in [-0.1, -0.05) is 12.5 Å². The molecule has 1 aromatic rings. The largest absolute Gasteiger partial charge is 0.478 e. The number of carboxylic acids is 1. The molecule has 20 heavy (non-hydrogen) atoms. The van der Waals surface area contributed by atoms with Gasteiger partial charge in [0, 0.05) is 16.2 Å². The van der Waals surface area contributed by atoms with Crippen LogP contribution in [0.1, 0.15) is 36.0 Å². The highest BCUT2D eigenvalue weighted by molar-refractivity contribution is 7.99. The second-order valence-corrected chi connectivity index (χ2v) is 7.04. The van der Waals surface area contributed by atoms with Gasteiger partial charge in [-0.15, -0.1) is 11.8 Å². The van der Waals surface area contributed by atoms with Crippen LogP contribution in [0, 0.1) is 0 Å². The molecular weight excluding hydrogens is 290 g/mol. The third-order valence-electron chi connectivity index (χ3n) is 3.78. The Bertz CT molecular complexity index is 479. The topological polar surface area (TPSA) is 49.3 Å². The summed E-state index contributed by atoms with van der Waals surface area (Å²) < 4.78 is 0. The first-order valence-corrected chi connectivity index (χ1v) is 9.36. The molecule has 0 spiro atoms. The van der Waals surface area contributed by atoms with Crippen molar-refractivity contribution in [3.63, 3.8) is 0 Å². The lowest BCUT2D eigenvalue weighted by Crippen LogP contribution is -2.29. The highest BCUT2D eigenvalue weighted by Crippen LogP contribution is 2.32. The van der Waals surface area contributed by atoms with Crippen LogP contribution < -0.4 is 5.32 Å². The molecule has 2 atom stereocenters. The normalized spacial score (nSPS) is 22.5. The van der Waals surface area contributed by atoms with Crippen molar-refractivity contribution in [2.45, 2.75) is 41.9 Å². The van der Waals surface area contributed by atoms with Gasteiger partial charge in [0.2, 0.25) is 0 Å². The average molecular weight is 311 g/mol. The number of nitrogens with one attached hydrogen (secondary N) is 1. The van der Waals surface area contributed by atoms with Crippen molar-refractivity contribution in [3.8, 4) is 0 Å². The predicted octanol–water partition coefficient (Wildman–Crippen LogP) is 4.19. The first-order chi connectivity index (χ1) is 9.65. The SMILES string of the molecule is CSc1cccc(NC2CCCC(SC)C2)c1C(=O)O.